The van der Waals surface area contributed by atoms with Crippen LogP contribution in [-0.4, -0.2) is 50.0 Å². The molecule has 11 heteroatoms. The van der Waals surface area contributed by atoms with Crippen molar-refractivity contribution in [1.82, 2.24) is 10.2 Å². The van der Waals surface area contributed by atoms with E-state index < -0.39 is 40.3 Å². The van der Waals surface area contributed by atoms with Gasteiger partial charge in [-0.2, -0.15) is 13.2 Å². The molecule has 2 aromatic carbocycles. The molecule has 0 unspecified atom stereocenters. The van der Waals surface area contributed by atoms with E-state index in [0.717, 1.165) is 29.5 Å². The summed E-state index contributed by atoms with van der Waals surface area (Å²) in [6.45, 7) is 6.58. The molecule has 0 aliphatic carbocycles. The van der Waals surface area contributed by atoms with Crippen molar-refractivity contribution in [2.24, 2.45) is 0 Å². The molecule has 37 heavy (non-hydrogen) atoms. The first kappa shape index (κ1) is 30.1. The molecular weight excluding hydrogens is 507 g/mol. The average Bonchev–Trinajstić information content (AvgIpc) is 2.82. The lowest BCUT2D eigenvalue weighted by molar-refractivity contribution is -0.140. The molecule has 0 aliphatic heterocycles. The second kappa shape index (κ2) is 12.4. The van der Waals surface area contributed by atoms with Gasteiger partial charge in [-0.1, -0.05) is 44.2 Å². The van der Waals surface area contributed by atoms with Crippen LogP contribution >= 0.6 is 0 Å². The molecule has 0 aromatic heterocycles. The highest BCUT2D eigenvalue weighted by atomic mass is 32.2. The van der Waals surface area contributed by atoms with Gasteiger partial charge in [0, 0.05) is 12.6 Å². The Morgan fingerprint density at radius 3 is 2.22 bits per heavy atom. The Labute approximate surface area is 216 Å². The molecule has 1 N–H and O–H groups in total. The maximum absolute atomic E-state index is 13.6. The Bertz CT molecular complexity index is 1200. The fraction of sp³-hybridized carbons (Fsp3) is 0.462. The zero-order chi connectivity index (χ0) is 28.0. The molecule has 0 saturated heterocycles. The summed E-state index contributed by atoms with van der Waals surface area (Å²) in [6, 6.07) is 10.0. The highest BCUT2D eigenvalue weighted by Crippen LogP contribution is 2.32. The monoisotopic (exact) mass is 541 g/mol. The van der Waals surface area contributed by atoms with Crippen molar-refractivity contribution >= 4 is 27.5 Å². The summed E-state index contributed by atoms with van der Waals surface area (Å²) >= 11 is 0. The first-order chi connectivity index (χ1) is 17.2. The number of carbonyl (C=O) groups excluding carboxylic acids is 2. The minimum atomic E-state index is -4.69. The van der Waals surface area contributed by atoms with Gasteiger partial charge in [-0.05, 0) is 56.0 Å². The lowest BCUT2D eigenvalue weighted by atomic mass is 10.1. The molecule has 2 rings (SSSR count). The number of nitrogens with one attached hydrogen (secondary N) is 1. The Hall–Kier alpha value is -3.08. The third-order valence-electron chi connectivity index (χ3n) is 6.13. The van der Waals surface area contributed by atoms with Crippen molar-refractivity contribution < 1.29 is 31.2 Å². The van der Waals surface area contributed by atoms with Crippen LogP contribution in [0.1, 0.15) is 50.3 Å². The quantitative estimate of drug-likeness (QED) is 0.454. The number of sulfonamides is 1. The number of carbonyl (C=O) groups is 2. The minimum absolute atomic E-state index is 0.0259. The van der Waals surface area contributed by atoms with Crippen molar-refractivity contribution in [2.45, 2.75) is 65.3 Å². The van der Waals surface area contributed by atoms with Gasteiger partial charge < -0.3 is 10.2 Å². The second-order valence-corrected chi connectivity index (χ2v) is 10.9. The molecular formula is C26H34F3N3O4S. The van der Waals surface area contributed by atoms with Crippen molar-refractivity contribution in [3.63, 3.8) is 0 Å². The van der Waals surface area contributed by atoms with Crippen LogP contribution in [-0.2, 0) is 32.3 Å². The fourth-order valence-electron chi connectivity index (χ4n) is 3.78. The average molecular weight is 542 g/mol. The van der Waals surface area contributed by atoms with E-state index >= 15 is 0 Å². The predicted octanol–water partition coefficient (Wildman–Crippen LogP) is 4.50. The smallest absolute Gasteiger partial charge is 0.352 e. The molecule has 0 heterocycles. The first-order valence-electron chi connectivity index (χ1n) is 12.0. The van der Waals surface area contributed by atoms with Crippen LogP contribution in [0.4, 0.5) is 18.9 Å². The van der Waals surface area contributed by atoms with Crippen LogP contribution < -0.4 is 9.62 Å². The lowest BCUT2D eigenvalue weighted by Crippen LogP contribution is -2.53. The second-order valence-electron chi connectivity index (χ2n) is 9.01. The molecule has 7 nitrogen and oxygen atoms in total. The summed E-state index contributed by atoms with van der Waals surface area (Å²) in [5, 5.41) is 2.87. The van der Waals surface area contributed by atoms with Crippen LogP contribution in [0.3, 0.4) is 0 Å². The van der Waals surface area contributed by atoms with Gasteiger partial charge in [0.15, 0.2) is 0 Å². The van der Waals surface area contributed by atoms with E-state index in [-0.39, 0.29) is 30.6 Å². The molecule has 204 valence electrons. The van der Waals surface area contributed by atoms with Crippen LogP contribution in [0.2, 0.25) is 0 Å². The topological polar surface area (TPSA) is 86.8 Å². The van der Waals surface area contributed by atoms with E-state index in [1.165, 1.54) is 11.0 Å². The Morgan fingerprint density at radius 2 is 1.68 bits per heavy atom. The number of alkyl halides is 3. The summed E-state index contributed by atoms with van der Waals surface area (Å²) < 4.78 is 65.7. The highest BCUT2D eigenvalue weighted by Gasteiger charge is 2.34. The number of aryl methyl sites for hydroxylation is 1. The van der Waals surface area contributed by atoms with E-state index in [0.29, 0.717) is 16.8 Å². The molecule has 2 aromatic rings. The molecule has 0 aliphatic rings. The zero-order valence-electron chi connectivity index (χ0n) is 21.7. The highest BCUT2D eigenvalue weighted by molar-refractivity contribution is 7.92. The molecule has 0 radical (unpaired) electrons. The maximum atomic E-state index is 13.6. The number of hydrogen-bond donors (Lipinski definition) is 1. The van der Waals surface area contributed by atoms with Crippen LogP contribution in [0.15, 0.2) is 48.5 Å². The van der Waals surface area contributed by atoms with E-state index in [1.54, 1.807) is 19.1 Å². The molecule has 0 saturated carbocycles. The lowest BCUT2D eigenvalue weighted by Gasteiger charge is -2.33. The summed E-state index contributed by atoms with van der Waals surface area (Å²) in [5.41, 5.74) is 0.298. The number of anilines is 1. The van der Waals surface area contributed by atoms with E-state index in [4.69, 9.17) is 0 Å². The van der Waals surface area contributed by atoms with Crippen LogP contribution in [0, 0.1) is 6.92 Å². The van der Waals surface area contributed by atoms with Gasteiger partial charge in [0.2, 0.25) is 21.8 Å². The van der Waals surface area contributed by atoms with Gasteiger partial charge in [0.1, 0.15) is 12.6 Å². The summed E-state index contributed by atoms with van der Waals surface area (Å²) in [6.07, 6.45) is -2.95. The minimum Gasteiger partial charge on any atom is -0.352 e. The van der Waals surface area contributed by atoms with Gasteiger partial charge >= 0.3 is 6.18 Å². The number of rotatable bonds is 11. The van der Waals surface area contributed by atoms with Crippen molar-refractivity contribution in [3.8, 4) is 0 Å². The maximum Gasteiger partial charge on any atom is 0.416 e. The summed E-state index contributed by atoms with van der Waals surface area (Å²) in [5.74, 6) is -1.10. The predicted molar refractivity (Wildman–Crippen MR) is 137 cm³/mol. The van der Waals surface area contributed by atoms with Crippen molar-refractivity contribution in [2.75, 3.05) is 17.1 Å². The largest absolute Gasteiger partial charge is 0.416 e. The third kappa shape index (κ3) is 8.21. The van der Waals surface area contributed by atoms with Crippen molar-refractivity contribution in [3.05, 3.63) is 65.2 Å². The van der Waals surface area contributed by atoms with E-state index in [1.807, 2.05) is 32.9 Å². The molecule has 2 amide bonds. The number of nitrogens with zero attached hydrogens (tertiary/aromatic N) is 2. The number of halogens is 3. The van der Waals surface area contributed by atoms with Crippen LogP contribution in [0.25, 0.3) is 0 Å². The zero-order valence-corrected chi connectivity index (χ0v) is 22.5. The van der Waals surface area contributed by atoms with Crippen LogP contribution in [0.5, 0.6) is 0 Å². The Balaban J connectivity index is 2.51. The van der Waals surface area contributed by atoms with Gasteiger partial charge in [-0.25, -0.2) is 8.42 Å². The van der Waals surface area contributed by atoms with Gasteiger partial charge in [0.25, 0.3) is 0 Å². The third-order valence-corrected chi connectivity index (χ3v) is 7.27. The normalized spacial score (nSPS) is 13.5. The summed E-state index contributed by atoms with van der Waals surface area (Å²) in [4.78, 5) is 28.1. The number of hydrogen-bond acceptors (Lipinski definition) is 4. The van der Waals surface area contributed by atoms with E-state index in [9.17, 15) is 31.2 Å². The number of amides is 2. The van der Waals surface area contributed by atoms with Gasteiger partial charge in [-0.3, -0.25) is 13.9 Å². The summed E-state index contributed by atoms with van der Waals surface area (Å²) in [7, 11) is -4.15. The van der Waals surface area contributed by atoms with E-state index in [2.05, 4.69) is 5.32 Å². The molecule has 0 bridgehead atoms. The molecule has 2 atom stereocenters. The molecule has 0 fully saturated rings. The first-order valence-corrected chi connectivity index (χ1v) is 13.8. The van der Waals surface area contributed by atoms with Gasteiger partial charge in [-0.15, -0.1) is 0 Å². The standard InChI is InChI=1S/C26H34F3N3O4S/c1-6-19(4)30-25(34)23(7-2)31(16-20-12-9-8-11-18(20)3)24(33)17-32(37(5,35)36)22-14-10-13-21(15-22)26(27,28)29/h8-15,19,23H,6-7,16-17H2,1-5H3,(H,30,34)/t19-,23+/m1/s1. The fourth-order valence-corrected chi connectivity index (χ4v) is 4.62. The SMILES string of the molecule is CC[C@@H](C)NC(=O)[C@H](CC)N(Cc1ccccc1C)C(=O)CN(c1cccc(C(F)(F)F)c1)S(C)(=O)=O. The molecule has 0 spiro atoms. The number of benzene rings is 2. The Kier molecular flexibility index (Phi) is 10.1. The Morgan fingerprint density at radius 1 is 1.03 bits per heavy atom. The van der Waals surface area contributed by atoms with Gasteiger partial charge in [0.05, 0.1) is 17.5 Å². The van der Waals surface area contributed by atoms with Crippen molar-refractivity contribution in [1.29, 1.82) is 0 Å².